The lowest BCUT2D eigenvalue weighted by atomic mass is 10.0. The third-order valence-corrected chi connectivity index (χ3v) is 8.33. The molecule has 3 aliphatic rings. The first-order valence-electron chi connectivity index (χ1n) is 14.7. The van der Waals surface area contributed by atoms with Crippen molar-refractivity contribution in [1.82, 2.24) is 25.3 Å². The predicted molar refractivity (Wildman–Crippen MR) is 152 cm³/mol. The molecule has 234 valence electrons. The average molecular weight is 601 g/mol. The summed E-state index contributed by atoms with van der Waals surface area (Å²) in [5, 5.41) is 24.4. The number of carboxylic acid groups (broad SMARTS) is 1. The molecular weight excluding hydrogens is 560 g/mol. The number of aromatic hydroxyl groups is 1. The number of aliphatic carboxylic acids is 1. The second kappa shape index (κ2) is 13.8. The molecule has 0 saturated carbocycles. The van der Waals surface area contributed by atoms with Gasteiger partial charge in [0.2, 0.25) is 29.5 Å². The number of benzene rings is 1. The quantitative estimate of drug-likeness (QED) is 0.222. The van der Waals surface area contributed by atoms with E-state index in [1.165, 1.54) is 26.8 Å². The molecule has 1 aromatic carbocycles. The summed E-state index contributed by atoms with van der Waals surface area (Å²) >= 11 is 0. The van der Waals surface area contributed by atoms with Crippen LogP contribution in [0.15, 0.2) is 24.3 Å². The number of carboxylic acids is 1. The van der Waals surface area contributed by atoms with Crippen molar-refractivity contribution in [2.75, 3.05) is 26.2 Å². The Balaban J connectivity index is 1.42. The van der Waals surface area contributed by atoms with Crippen LogP contribution in [0.5, 0.6) is 5.75 Å². The molecular formula is C29H40N6O8. The number of carbonyl (C=O) groups is 6. The van der Waals surface area contributed by atoms with Crippen molar-refractivity contribution in [2.24, 2.45) is 5.73 Å². The molecule has 1 aromatic rings. The number of nitrogens with one attached hydrogen (secondary N) is 2. The first-order chi connectivity index (χ1) is 20.5. The zero-order valence-corrected chi connectivity index (χ0v) is 24.2. The number of amides is 5. The molecule has 3 aliphatic heterocycles. The van der Waals surface area contributed by atoms with Gasteiger partial charge in [-0.05, 0) is 63.1 Å². The minimum Gasteiger partial charge on any atom is -0.508 e. The second-order valence-corrected chi connectivity index (χ2v) is 11.4. The van der Waals surface area contributed by atoms with Gasteiger partial charge in [-0.15, -0.1) is 0 Å². The van der Waals surface area contributed by atoms with Crippen LogP contribution >= 0.6 is 0 Å². The fraction of sp³-hybridized carbons (Fsp3) is 0.586. The summed E-state index contributed by atoms with van der Waals surface area (Å²) < 4.78 is 0. The number of likely N-dealkylation sites (tertiary alicyclic amines) is 3. The molecule has 5 unspecified atom stereocenters. The molecule has 0 aliphatic carbocycles. The maximum absolute atomic E-state index is 13.4. The van der Waals surface area contributed by atoms with E-state index in [2.05, 4.69) is 10.6 Å². The van der Waals surface area contributed by atoms with E-state index in [-0.39, 0.29) is 18.1 Å². The third-order valence-electron chi connectivity index (χ3n) is 8.33. The summed E-state index contributed by atoms with van der Waals surface area (Å²) in [4.78, 5) is 81.3. The van der Waals surface area contributed by atoms with Crippen molar-refractivity contribution in [3.8, 4) is 5.75 Å². The molecule has 3 fully saturated rings. The molecule has 0 spiro atoms. The summed E-state index contributed by atoms with van der Waals surface area (Å²) in [6.45, 7) is 2.11. The van der Waals surface area contributed by atoms with E-state index in [1.54, 1.807) is 19.1 Å². The Morgan fingerprint density at radius 3 is 2.09 bits per heavy atom. The van der Waals surface area contributed by atoms with E-state index in [0.29, 0.717) is 63.7 Å². The smallest absolute Gasteiger partial charge is 0.326 e. The Kier molecular flexibility index (Phi) is 10.2. The molecule has 14 nitrogen and oxygen atoms in total. The van der Waals surface area contributed by atoms with E-state index in [0.717, 1.165) is 0 Å². The Hall–Kier alpha value is -4.20. The van der Waals surface area contributed by atoms with Crippen molar-refractivity contribution < 1.29 is 39.0 Å². The molecule has 0 radical (unpaired) electrons. The van der Waals surface area contributed by atoms with E-state index >= 15 is 0 Å². The van der Waals surface area contributed by atoms with Gasteiger partial charge < -0.3 is 41.3 Å². The molecule has 0 bridgehead atoms. The Morgan fingerprint density at radius 2 is 1.47 bits per heavy atom. The molecule has 4 rings (SSSR count). The number of phenolic OH excluding ortho intramolecular Hbond substituents is 1. The topological polar surface area (TPSA) is 203 Å². The Bertz CT molecular complexity index is 1240. The highest BCUT2D eigenvalue weighted by Gasteiger charge is 2.42. The van der Waals surface area contributed by atoms with E-state index in [9.17, 15) is 39.0 Å². The van der Waals surface area contributed by atoms with Crippen LogP contribution in [0.3, 0.4) is 0 Å². The van der Waals surface area contributed by atoms with Crippen LogP contribution in [0.4, 0.5) is 0 Å². The van der Waals surface area contributed by atoms with Gasteiger partial charge in [0, 0.05) is 26.1 Å². The van der Waals surface area contributed by atoms with Crippen LogP contribution in [-0.2, 0) is 35.2 Å². The largest absolute Gasteiger partial charge is 0.508 e. The number of nitrogens with zero attached hydrogens (tertiary/aromatic N) is 3. The molecule has 3 saturated heterocycles. The standard InChI is InChI=1S/C29H40N6O8/c1-17(30)27(40)34-13-2-5-21(34)26(39)32-20(15-18-8-10-19(36)11-9-18)25(38)31-16-24(37)33-12-3-6-22(33)28(41)35-14-4-7-23(35)29(42)43/h8-11,17,20-23,36H,2-7,12-16,30H2,1H3,(H,31,38)(H,32,39)(H,42,43). The van der Waals surface area contributed by atoms with Gasteiger partial charge in [0.15, 0.2) is 0 Å². The van der Waals surface area contributed by atoms with Crippen LogP contribution < -0.4 is 16.4 Å². The van der Waals surface area contributed by atoms with Gasteiger partial charge in [-0.1, -0.05) is 12.1 Å². The van der Waals surface area contributed by atoms with Gasteiger partial charge in [0.25, 0.3) is 0 Å². The Labute approximate surface area is 249 Å². The lowest BCUT2D eigenvalue weighted by Gasteiger charge is -2.30. The zero-order chi connectivity index (χ0) is 31.3. The molecule has 5 atom stereocenters. The van der Waals surface area contributed by atoms with Gasteiger partial charge in [-0.2, -0.15) is 0 Å². The van der Waals surface area contributed by atoms with Crippen molar-refractivity contribution in [1.29, 1.82) is 0 Å². The number of carbonyl (C=O) groups excluding carboxylic acids is 5. The van der Waals surface area contributed by atoms with Gasteiger partial charge >= 0.3 is 5.97 Å². The Morgan fingerprint density at radius 1 is 0.884 bits per heavy atom. The minimum absolute atomic E-state index is 0.0359. The molecule has 6 N–H and O–H groups in total. The van der Waals surface area contributed by atoms with Gasteiger partial charge in [0.1, 0.15) is 29.9 Å². The molecule has 14 heteroatoms. The lowest BCUT2D eigenvalue weighted by molar-refractivity contribution is -0.151. The van der Waals surface area contributed by atoms with Gasteiger partial charge in [-0.25, -0.2) is 4.79 Å². The first-order valence-corrected chi connectivity index (χ1v) is 14.7. The van der Waals surface area contributed by atoms with Crippen molar-refractivity contribution >= 4 is 35.5 Å². The lowest BCUT2D eigenvalue weighted by Crippen LogP contribution is -2.56. The summed E-state index contributed by atoms with van der Waals surface area (Å²) in [5.74, 6) is -3.43. The van der Waals surface area contributed by atoms with Crippen molar-refractivity contribution in [3.63, 3.8) is 0 Å². The van der Waals surface area contributed by atoms with Crippen LogP contribution in [0.2, 0.25) is 0 Å². The number of nitrogens with two attached hydrogens (primary N) is 1. The zero-order valence-electron chi connectivity index (χ0n) is 24.2. The monoisotopic (exact) mass is 600 g/mol. The highest BCUT2D eigenvalue weighted by molar-refractivity contribution is 5.95. The average Bonchev–Trinajstić information content (AvgIpc) is 3.76. The number of hydrogen-bond donors (Lipinski definition) is 5. The van der Waals surface area contributed by atoms with E-state index in [1.807, 2.05) is 0 Å². The normalized spacial score (nSPS) is 23.1. The van der Waals surface area contributed by atoms with Crippen LogP contribution in [0.1, 0.15) is 51.0 Å². The summed E-state index contributed by atoms with van der Waals surface area (Å²) in [5.41, 5.74) is 6.39. The maximum Gasteiger partial charge on any atom is 0.326 e. The van der Waals surface area contributed by atoms with Crippen LogP contribution in [0.25, 0.3) is 0 Å². The van der Waals surface area contributed by atoms with Crippen LogP contribution in [0, 0.1) is 0 Å². The summed E-state index contributed by atoms with van der Waals surface area (Å²) in [6, 6.07) is 1.75. The number of rotatable bonds is 10. The fourth-order valence-corrected chi connectivity index (χ4v) is 6.10. The maximum atomic E-state index is 13.4. The third kappa shape index (κ3) is 7.42. The molecule has 5 amide bonds. The van der Waals surface area contributed by atoms with Crippen molar-refractivity contribution in [2.45, 2.75) is 82.1 Å². The second-order valence-electron chi connectivity index (χ2n) is 11.4. The van der Waals surface area contributed by atoms with E-state index in [4.69, 9.17) is 5.73 Å². The van der Waals surface area contributed by atoms with Gasteiger partial charge in [0.05, 0.1) is 12.6 Å². The molecule has 43 heavy (non-hydrogen) atoms. The van der Waals surface area contributed by atoms with E-state index < -0.39 is 66.4 Å². The van der Waals surface area contributed by atoms with Crippen molar-refractivity contribution in [3.05, 3.63) is 29.8 Å². The highest BCUT2D eigenvalue weighted by Crippen LogP contribution is 2.25. The number of hydrogen-bond acceptors (Lipinski definition) is 8. The first kappa shape index (κ1) is 31.7. The SMILES string of the molecule is CC(N)C(=O)N1CCCC1C(=O)NC(Cc1ccc(O)cc1)C(=O)NCC(=O)N1CCCC1C(=O)N1CCCC1C(=O)O. The molecule has 3 heterocycles. The van der Waals surface area contributed by atoms with Crippen LogP contribution in [-0.4, -0.2) is 117 Å². The fourth-order valence-electron chi connectivity index (χ4n) is 6.10. The predicted octanol–water partition coefficient (Wildman–Crippen LogP) is -1.06. The summed E-state index contributed by atoms with van der Waals surface area (Å²) in [7, 11) is 0. The minimum atomic E-state index is -1.10. The number of phenols is 1. The summed E-state index contributed by atoms with van der Waals surface area (Å²) in [6.07, 6.45) is 2.99. The highest BCUT2D eigenvalue weighted by atomic mass is 16.4. The molecule has 0 aromatic heterocycles. The van der Waals surface area contributed by atoms with Gasteiger partial charge in [-0.3, -0.25) is 24.0 Å².